The first-order chi connectivity index (χ1) is 11.5. The van der Waals surface area contributed by atoms with Gasteiger partial charge >= 0.3 is 0 Å². The number of benzene rings is 1. The molecule has 0 spiro atoms. The highest BCUT2D eigenvalue weighted by Gasteiger charge is 2.13. The molecule has 0 unspecified atom stereocenters. The van der Waals surface area contributed by atoms with Crippen LogP contribution in [0, 0.1) is 18.3 Å². The number of rotatable bonds is 6. The smallest absolute Gasteiger partial charge is 0.274 e. The lowest BCUT2D eigenvalue weighted by Gasteiger charge is -2.17. The Bertz CT molecular complexity index is 766. The van der Waals surface area contributed by atoms with Crippen LogP contribution in [0.3, 0.4) is 0 Å². The van der Waals surface area contributed by atoms with Gasteiger partial charge in [0.05, 0.1) is 11.6 Å². The molecular formula is C18H21N5O. The largest absolute Gasteiger partial charge is 0.344 e. The molecule has 24 heavy (non-hydrogen) atoms. The molecule has 124 valence electrons. The van der Waals surface area contributed by atoms with Crippen molar-refractivity contribution < 1.29 is 4.79 Å². The molecule has 0 aliphatic heterocycles. The Morgan fingerprint density at radius 1 is 1.33 bits per heavy atom. The lowest BCUT2D eigenvalue weighted by Crippen LogP contribution is -2.23. The zero-order chi connectivity index (χ0) is 17.5. The fourth-order valence-electron chi connectivity index (χ4n) is 2.20. The highest BCUT2D eigenvalue weighted by atomic mass is 16.1. The van der Waals surface area contributed by atoms with Crippen molar-refractivity contribution in [1.29, 1.82) is 5.26 Å². The van der Waals surface area contributed by atoms with E-state index in [9.17, 15) is 4.79 Å². The maximum atomic E-state index is 12.5. The minimum atomic E-state index is -0.319. The number of aryl methyl sites for hydroxylation is 1. The van der Waals surface area contributed by atoms with Crippen molar-refractivity contribution in [2.45, 2.75) is 26.7 Å². The second-order valence-corrected chi connectivity index (χ2v) is 5.62. The van der Waals surface area contributed by atoms with Crippen molar-refractivity contribution in [1.82, 2.24) is 9.97 Å². The Labute approximate surface area is 142 Å². The molecule has 1 N–H and O–H groups in total. The number of hydrogen-bond acceptors (Lipinski definition) is 5. The summed E-state index contributed by atoms with van der Waals surface area (Å²) in [5.74, 6) is 0.222. The second-order valence-electron chi connectivity index (χ2n) is 5.62. The Morgan fingerprint density at radius 3 is 2.83 bits per heavy atom. The maximum absolute atomic E-state index is 12.5. The molecule has 0 saturated heterocycles. The van der Waals surface area contributed by atoms with Crippen LogP contribution in [0.4, 0.5) is 11.6 Å². The number of nitrogens with zero attached hydrogens (tertiary/aromatic N) is 4. The van der Waals surface area contributed by atoms with Crippen molar-refractivity contribution in [3.05, 3.63) is 47.3 Å². The molecule has 0 bridgehead atoms. The summed E-state index contributed by atoms with van der Waals surface area (Å²) in [4.78, 5) is 23.2. The Hall–Kier alpha value is -2.94. The molecule has 2 aromatic rings. The molecule has 1 amide bonds. The van der Waals surface area contributed by atoms with E-state index in [1.807, 2.05) is 24.9 Å². The quantitative estimate of drug-likeness (QED) is 0.883. The van der Waals surface area contributed by atoms with Crippen LogP contribution in [0.25, 0.3) is 0 Å². The predicted octanol–water partition coefficient (Wildman–Crippen LogP) is 3.15. The Kier molecular flexibility index (Phi) is 5.85. The standard InChI is InChI=1S/C18H21N5O/c1-4-5-9-23(3)18-20-13(2)10-16(22-18)17(24)21-15-8-6-7-14(11-15)12-19/h6-8,10-11H,4-5,9H2,1-3H3,(H,21,24). The number of carbonyl (C=O) groups excluding carboxylic acids is 1. The molecular weight excluding hydrogens is 302 g/mol. The van der Waals surface area contributed by atoms with E-state index in [2.05, 4.69) is 22.2 Å². The Morgan fingerprint density at radius 2 is 2.12 bits per heavy atom. The summed E-state index contributed by atoms with van der Waals surface area (Å²) in [6.45, 7) is 4.80. The third-order valence-corrected chi connectivity index (χ3v) is 3.51. The number of nitrogens with one attached hydrogen (secondary N) is 1. The van der Waals surface area contributed by atoms with Crippen molar-refractivity contribution in [3.63, 3.8) is 0 Å². The SMILES string of the molecule is CCCCN(C)c1nc(C)cc(C(=O)Nc2cccc(C#N)c2)n1. The van der Waals surface area contributed by atoms with Gasteiger partial charge in [0.25, 0.3) is 5.91 Å². The van der Waals surface area contributed by atoms with E-state index in [-0.39, 0.29) is 5.91 Å². The predicted molar refractivity (Wildman–Crippen MR) is 94.1 cm³/mol. The van der Waals surface area contributed by atoms with E-state index >= 15 is 0 Å². The van der Waals surface area contributed by atoms with Gasteiger partial charge < -0.3 is 10.2 Å². The van der Waals surface area contributed by atoms with Crippen LogP contribution in [0.1, 0.15) is 41.5 Å². The van der Waals surface area contributed by atoms with Crippen LogP contribution in [0.15, 0.2) is 30.3 Å². The van der Waals surface area contributed by atoms with Crippen molar-refractivity contribution in [2.75, 3.05) is 23.8 Å². The third-order valence-electron chi connectivity index (χ3n) is 3.51. The number of aromatic nitrogens is 2. The number of nitriles is 1. The number of amides is 1. The van der Waals surface area contributed by atoms with Crippen LogP contribution in [-0.2, 0) is 0 Å². The lowest BCUT2D eigenvalue weighted by atomic mass is 10.2. The van der Waals surface area contributed by atoms with Gasteiger partial charge in [-0.15, -0.1) is 0 Å². The van der Waals surface area contributed by atoms with Gasteiger partial charge in [-0.3, -0.25) is 4.79 Å². The van der Waals surface area contributed by atoms with Crippen molar-refractivity contribution in [2.24, 2.45) is 0 Å². The summed E-state index contributed by atoms with van der Waals surface area (Å²) in [6.07, 6.45) is 2.12. The second kappa shape index (κ2) is 8.06. The maximum Gasteiger partial charge on any atom is 0.274 e. The average molecular weight is 323 g/mol. The van der Waals surface area contributed by atoms with Crippen LogP contribution in [0.5, 0.6) is 0 Å². The van der Waals surface area contributed by atoms with Crippen LogP contribution >= 0.6 is 0 Å². The molecule has 0 aliphatic rings. The van der Waals surface area contributed by atoms with Crippen LogP contribution in [0.2, 0.25) is 0 Å². The molecule has 0 aliphatic carbocycles. The van der Waals surface area contributed by atoms with E-state index < -0.39 is 0 Å². The first-order valence-corrected chi connectivity index (χ1v) is 7.92. The molecule has 6 nitrogen and oxygen atoms in total. The molecule has 6 heteroatoms. The first kappa shape index (κ1) is 17.4. The van der Waals surface area contributed by atoms with E-state index in [4.69, 9.17) is 5.26 Å². The minimum Gasteiger partial charge on any atom is -0.344 e. The van der Waals surface area contributed by atoms with Crippen LogP contribution in [-0.4, -0.2) is 29.5 Å². The number of unbranched alkanes of at least 4 members (excludes halogenated alkanes) is 1. The van der Waals surface area contributed by atoms with E-state index in [0.717, 1.165) is 25.1 Å². The molecule has 0 fully saturated rings. The normalized spacial score (nSPS) is 10.1. The van der Waals surface area contributed by atoms with E-state index in [1.54, 1.807) is 30.3 Å². The summed E-state index contributed by atoms with van der Waals surface area (Å²) >= 11 is 0. The van der Waals surface area contributed by atoms with Crippen molar-refractivity contribution >= 4 is 17.5 Å². The van der Waals surface area contributed by atoms with Gasteiger partial charge in [0.2, 0.25) is 5.95 Å². The average Bonchev–Trinajstić information content (AvgIpc) is 2.59. The zero-order valence-electron chi connectivity index (χ0n) is 14.2. The fourth-order valence-corrected chi connectivity index (χ4v) is 2.20. The van der Waals surface area contributed by atoms with Gasteiger partial charge in [-0.25, -0.2) is 9.97 Å². The zero-order valence-corrected chi connectivity index (χ0v) is 14.2. The highest BCUT2D eigenvalue weighted by molar-refractivity contribution is 6.03. The summed E-state index contributed by atoms with van der Waals surface area (Å²) in [5.41, 5.74) is 2.10. The van der Waals surface area contributed by atoms with Gasteiger partial charge in [0, 0.05) is 25.0 Å². The summed E-state index contributed by atoms with van der Waals surface area (Å²) in [5, 5.41) is 11.7. The number of anilines is 2. The topological polar surface area (TPSA) is 81.9 Å². The summed E-state index contributed by atoms with van der Waals surface area (Å²) in [7, 11) is 1.92. The highest BCUT2D eigenvalue weighted by Crippen LogP contribution is 2.14. The number of hydrogen-bond donors (Lipinski definition) is 1. The lowest BCUT2D eigenvalue weighted by molar-refractivity contribution is 0.102. The van der Waals surface area contributed by atoms with Gasteiger partial charge in [0.1, 0.15) is 5.69 Å². The van der Waals surface area contributed by atoms with E-state index in [1.165, 1.54) is 0 Å². The summed E-state index contributed by atoms with van der Waals surface area (Å²) in [6, 6.07) is 10.5. The monoisotopic (exact) mass is 323 g/mol. The summed E-state index contributed by atoms with van der Waals surface area (Å²) < 4.78 is 0. The molecule has 0 saturated carbocycles. The van der Waals surface area contributed by atoms with Crippen molar-refractivity contribution in [3.8, 4) is 6.07 Å². The molecule has 1 aromatic heterocycles. The first-order valence-electron chi connectivity index (χ1n) is 7.92. The van der Waals surface area contributed by atoms with Gasteiger partial charge in [-0.2, -0.15) is 5.26 Å². The van der Waals surface area contributed by atoms with E-state index in [0.29, 0.717) is 22.9 Å². The molecule has 1 aromatic carbocycles. The van der Waals surface area contributed by atoms with Gasteiger partial charge in [-0.05, 0) is 37.6 Å². The molecule has 0 atom stereocenters. The minimum absolute atomic E-state index is 0.309. The molecule has 2 rings (SSSR count). The Balaban J connectivity index is 2.19. The molecule has 1 heterocycles. The fraction of sp³-hybridized carbons (Fsp3) is 0.333. The molecule has 0 radical (unpaired) electrons. The van der Waals surface area contributed by atoms with Gasteiger partial charge in [-0.1, -0.05) is 19.4 Å². The van der Waals surface area contributed by atoms with Crippen LogP contribution < -0.4 is 10.2 Å². The number of carbonyl (C=O) groups is 1. The van der Waals surface area contributed by atoms with Gasteiger partial charge in [0.15, 0.2) is 0 Å². The third kappa shape index (κ3) is 4.53.